The van der Waals surface area contributed by atoms with E-state index in [-0.39, 0.29) is 11.5 Å². The summed E-state index contributed by atoms with van der Waals surface area (Å²) < 4.78 is 0.948. The lowest BCUT2D eigenvalue weighted by atomic mass is 10.1. The maximum absolute atomic E-state index is 12.0. The fourth-order valence-corrected chi connectivity index (χ4v) is 3.31. The Labute approximate surface area is 142 Å². The van der Waals surface area contributed by atoms with E-state index in [1.807, 2.05) is 35.7 Å². The molecule has 1 aromatic heterocycles. The van der Waals surface area contributed by atoms with Gasteiger partial charge < -0.3 is 5.32 Å². The van der Waals surface area contributed by atoms with Gasteiger partial charge >= 0.3 is 0 Å². The van der Waals surface area contributed by atoms with Crippen LogP contribution in [0.2, 0.25) is 0 Å². The highest BCUT2D eigenvalue weighted by Gasteiger charge is 2.09. The van der Waals surface area contributed by atoms with Gasteiger partial charge in [-0.25, -0.2) is 0 Å². The van der Waals surface area contributed by atoms with E-state index in [4.69, 9.17) is 5.26 Å². The normalized spacial score (nSPS) is 11.0. The number of rotatable bonds is 6. The van der Waals surface area contributed by atoms with E-state index in [1.165, 1.54) is 16.9 Å². The summed E-state index contributed by atoms with van der Waals surface area (Å²) in [6.07, 6.45) is 3.37. The first kappa shape index (κ1) is 16.5. The van der Waals surface area contributed by atoms with Crippen LogP contribution in [0.15, 0.2) is 51.8 Å². The Hall–Kier alpha value is -1.90. The molecule has 0 aliphatic carbocycles. The zero-order chi connectivity index (χ0) is 15.8. The largest absolute Gasteiger partial charge is 0.351 e. The van der Waals surface area contributed by atoms with Crippen molar-refractivity contribution >= 4 is 39.2 Å². The standard InChI is InChI=1S/C17H15BrN2OS/c18-15-10-16(22-12-15)9-14(11-19)17(21)20-8-4-7-13-5-2-1-3-6-13/h1-3,5-6,9-10,12H,4,7-8H2,(H,20,21)/b14-9-. The molecule has 0 radical (unpaired) electrons. The molecule has 2 rings (SSSR count). The molecule has 0 unspecified atom stereocenters. The molecule has 2 aromatic rings. The number of amides is 1. The highest BCUT2D eigenvalue weighted by atomic mass is 79.9. The zero-order valence-electron chi connectivity index (χ0n) is 11.9. The highest BCUT2D eigenvalue weighted by molar-refractivity contribution is 9.10. The Morgan fingerprint density at radius 2 is 2.14 bits per heavy atom. The molecule has 5 heteroatoms. The van der Waals surface area contributed by atoms with Crippen LogP contribution in [-0.4, -0.2) is 12.5 Å². The van der Waals surface area contributed by atoms with E-state index in [0.717, 1.165) is 22.2 Å². The van der Waals surface area contributed by atoms with Gasteiger partial charge in [-0.15, -0.1) is 11.3 Å². The van der Waals surface area contributed by atoms with Gasteiger partial charge in [0.15, 0.2) is 0 Å². The minimum atomic E-state index is -0.319. The molecule has 0 saturated heterocycles. The van der Waals surface area contributed by atoms with Crippen molar-refractivity contribution in [2.24, 2.45) is 0 Å². The van der Waals surface area contributed by atoms with Gasteiger partial charge in [0, 0.05) is 21.3 Å². The van der Waals surface area contributed by atoms with Crippen molar-refractivity contribution < 1.29 is 4.79 Å². The van der Waals surface area contributed by atoms with Gasteiger partial charge in [0.25, 0.3) is 5.91 Å². The van der Waals surface area contributed by atoms with Crippen LogP contribution in [0, 0.1) is 11.3 Å². The summed E-state index contributed by atoms with van der Waals surface area (Å²) in [6.45, 7) is 0.556. The summed E-state index contributed by atoms with van der Waals surface area (Å²) in [5.41, 5.74) is 1.38. The summed E-state index contributed by atoms with van der Waals surface area (Å²) >= 11 is 4.83. The first-order valence-electron chi connectivity index (χ1n) is 6.87. The van der Waals surface area contributed by atoms with Crippen molar-refractivity contribution in [3.8, 4) is 6.07 Å². The molecule has 3 nitrogen and oxygen atoms in total. The average Bonchev–Trinajstić information content (AvgIpc) is 2.95. The topological polar surface area (TPSA) is 52.9 Å². The van der Waals surface area contributed by atoms with Gasteiger partial charge in [0.2, 0.25) is 0 Å². The van der Waals surface area contributed by atoms with Gasteiger partial charge in [-0.05, 0) is 46.5 Å². The number of carbonyl (C=O) groups excluding carboxylic acids is 1. The number of thiophene rings is 1. The first-order chi connectivity index (χ1) is 10.7. The smallest absolute Gasteiger partial charge is 0.261 e. The second kappa shape index (κ2) is 8.52. The van der Waals surface area contributed by atoms with Crippen molar-refractivity contribution in [3.63, 3.8) is 0 Å². The van der Waals surface area contributed by atoms with Crippen LogP contribution < -0.4 is 5.32 Å². The van der Waals surface area contributed by atoms with Gasteiger partial charge in [-0.3, -0.25) is 4.79 Å². The van der Waals surface area contributed by atoms with Gasteiger partial charge in [-0.1, -0.05) is 30.3 Å². The highest BCUT2D eigenvalue weighted by Crippen LogP contribution is 2.22. The third-order valence-electron chi connectivity index (χ3n) is 3.01. The molecule has 1 heterocycles. The number of hydrogen-bond acceptors (Lipinski definition) is 3. The van der Waals surface area contributed by atoms with E-state index in [1.54, 1.807) is 6.08 Å². The predicted molar refractivity (Wildman–Crippen MR) is 93.4 cm³/mol. The van der Waals surface area contributed by atoms with E-state index in [9.17, 15) is 4.79 Å². The fraction of sp³-hybridized carbons (Fsp3) is 0.176. The quantitative estimate of drug-likeness (QED) is 0.468. The minimum Gasteiger partial charge on any atom is -0.351 e. The summed E-state index contributed by atoms with van der Waals surface area (Å²) in [5.74, 6) is -0.319. The van der Waals surface area contributed by atoms with Crippen molar-refractivity contribution in [1.29, 1.82) is 5.26 Å². The Morgan fingerprint density at radius 1 is 1.36 bits per heavy atom. The zero-order valence-corrected chi connectivity index (χ0v) is 14.3. The molecule has 1 amide bonds. The molecule has 0 fully saturated rings. The van der Waals surface area contributed by atoms with E-state index < -0.39 is 0 Å². The van der Waals surface area contributed by atoms with Crippen molar-refractivity contribution in [2.75, 3.05) is 6.54 Å². The molecule has 0 spiro atoms. The van der Waals surface area contributed by atoms with Crippen LogP contribution in [0.3, 0.4) is 0 Å². The molecule has 0 aliphatic heterocycles. The molecule has 112 valence electrons. The molecule has 0 saturated carbocycles. The summed E-state index contributed by atoms with van der Waals surface area (Å²) in [5, 5.41) is 13.8. The lowest BCUT2D eigenvalue weighted by Crippen LogP contribution is -2.25. The van der Waals surface area contributed by atoms with Crippen LogP contribution >= 0.6 is 27.3 Å². The second-order valence-corrected chi connectivity index (χ2v) is 6.54. The van der Waals surface area contributed by atoms with Crippen LogP contribution in [0.5, 0.6) is 0 Å². The molecule has 0 aliphatic rings. The number of carbonyl (C=O) groups is 1. The van der Waals surface area contributed by atoms with Gasteiger partial charge in [-0.2, -0.15) is 5.26 Å². The maximum Gasteiger partial charge on any atom is 0.261 e. The Balaban J connectivity index is 1.83. The molecular formula is C17H15BrN2OS. The van der Waals surface area contributed by atoms with Crippen LogP contribution in [0.25, 0.3) is 6.08 Å². The van der Waals surface area contributed by atoms with E-state index in [0.29, 0.717) is 6.54 Å². The second-order valence-electron chi connectivity index (χ2n) is 4.68. The molecule has 22 heavy (non-hydrogen) atoms. The number of nitrogens with zero attached hydrogens (tertiary/aromatic N) is 1. The number of benzene rings is 1. The summed E-state index contributed by atoms with van der Waals surface area (Å²) in [6, 6.07) is 14.0. The molecule has 0 bridgehead atoms. The Morgan fingerprint density at radius 3 is 2.77 bits per heavy atom. The molecule has 0 atom stereocenters. The molecular weight excluding hydrogens is 360 g/mol. The first-order valence-corrected chi connectivity index (χ1v) is 8.54. The SMILES string of the molecule is N#C/C(=C/c1cc(Br)cs1)C(=O)NCCCc1ccccc1. The number of nitrogens with one attached hydrogen (secondary N) is 1. The third kappa shape index (κ3) is 5.14. The average molecular weight is 375 g/mol. The lowest BCUT2D eigenvalue weighted by molar-refractivity contribution is -0.117. The van der Waals surface area contributed by atoms with Gasteiger partial charge in [0.1, 0.15) is 11.6 Å². The Kier molecular flexibility index (Phi) is 6.38. The predicted octanol–water partition coefficient (Wildman–Crippen LogP) is 4.17. The van der Waals surface area contributed by atoms with Crippen molar-refractivity contribution in [2.45, 2.75) is 12.8 Å². The number of nitriles is 1. The molecule has 1 aromatic carbocycles. The summed E-state index contributed by atoms with van der Waals surface area (Å²) in [4.78, 5) is 12.9. The monoisotopic (exact) mass is 374 g/mol. The van der Waals surface area contributed by atoms with Gasteiger partial charge in [0.05, 0.1) is 0 Å². The number of aryl methyl sites for hydroxylation is 1. The third-order valence-corrected chi connectivity index (χ3v) is 4.65. The molecule has 1 N–H and O–H groups in total. The summed E-state index contributed by atoms with van der Waals surface area (Å²) in [7, 11) is 0. The lowest BCUT2D eigenvalue weighted by Gasteiger charge is -2.04. The Bertz CT molecular complexity index is 701. The van der Waals surface area contributed by atoms with Crippen LogP contribution in [0.4, 0.5) is 0 Å². The number of hydrogen-bond donors (Lipinski definition) is 1. The van der Waals surface area contributed by atoms with Crippen LogP contribution in [0.1, 0.15) is 16.9 Å². The van der Waals surface area contributed by atoms with Crippen molar-refractivity contribution in [3.05, 3.63) is 62.3 Å². The van der Waals surface area contributed by atoms with Crippen molar-refractivity contribution in [1.82, 2.24) is 5.32 Å². The van der Waals surface area contributed by atoms with E-state index >= 15 is 0 Å². The fourth-order valence-electron chi connectivity index (χ4n) is 1.93. The number of halogens is 1. The maximum atomic E-state index is 12.0. The van der Waals surface area contributed by atoms with E-state index in [2.05, 4.69) is 33.4 Å². The minimum absolute atomic E-state index is 0.133. The van der Waals surface area contributed by atoms with Crippen LogP contribution in [-0.2, 0) is 11.2 Å².